The molecule has 1 heterocycles. The van der Waals surface area contributed by atoms with E-state index in [1.807, 2.05) is 29.2 Å². The Bertz CT molecular complexity index is 403. The summed E-state index contributed by atoms with van der Waals surface area (Å²) in [5.41, 5.74) is 6.83. The number of likely N-dealkylation sites (tertiary alicyclic amines) is 1. The molecule has 2 N–H and O–H groups in total. The molecule has 98 valence electrons. The lowest BCUT2D eigenvalue weighted by Crippen LogP contribution is -2.28. The minimum atomic E-state index is 0.235. The molecule has 0 radical (unpaired) electrons. The molecule has 1 unspecified atom stereocenters. The second-order valence-electron chi connectivity index (χ2n) is 4.74. The van der Waals surface area contributed by atoms with Gasteiger partial charge >= 0.3 is 0 Å². The Labute approximate surface area is 108 Å². The molecule has 18 heavy (non-hydrogen) atoms. The van der Waals surface area contributed by atoms with E-state index < -0.39 is 0 Å². The van der Waals surface area contributed by atoms with Crippen LogP contribution < -0.4 is 10.5 Å². The van der Waals surface area contributed by atoms with Gasteiger partial charge in [0.2, 0.25) is 5.91 Å². The van der Waals surface area contributed by atoms with Crippen LogP contribution in [0.2, 0.25) is 0 Å². The zero-order chi connectivity index (χ0) is 13.0. The van der Waals surface area contributed by atoms with E-state index in [1.54, 1.807) is 7.11 Å². The van der Waals surface area contributed by atoms with Crippen molar-refractivity contribution in [3.05, 3.63) is 29.8 Å². The van der Waals surface area contributed by atoms with Crippen molar-refractivity contribution in [1.82, 2.24) is 4.90 Å². The highest BCUT2D eigenvalue weighted by Crippen LogP contribution is 2.17. The van der Waals surface area contributed by atoms with Gasteiger partial charge in [-0.05, 0) is 36.6 Å². The van der Waals surface area contributed by atoms with Crippen molar-refractivity contribution in [3.63, 3.8) is 0 Å². The predicted molar refractivity (Wildman–Crippen MR) is 70.4 cm³/mol. The molecule has 2 rings (SSSR count). The van der Waals surface area contributed by atoms with Crippen LogP contribution in [0.4, 0.5) is 0 Å². The number of hydrogen-bond acceptors (Lipinski definition) is 3. The Balaban J connectivity index is 1.85. The number of nitrogens with two attached hydrogens (primary N) is 1. The maximum absolute atomic E-state index is 11.7. The molecule has 0 aliphatic carbocycles. The SMILES string of the molecule is COc1ccc(CCN2CC(CN)CC2=O)cc1. The summed E-state index contributed by atoms with van der Waals surface area (Å²) in [6, 6.07) is 7.98. The number of rotatable bonds is 5. The van der Waals surface area contributed by atoms with Gasteiger partial charge in [-0.25, -0.2) is 0 Å². The van der Waals surface area contributed by atoms with Crippen LogP contribution in [0.15, 0.2) is 24.3 Å². The molecule has 4 heteroatoms. The third-order valence-corrected chi connectivity index (χ3v) is 3.46. The van der Waals surface area contributed by atoms with Gasteiger partial charge in [0.25, 0.3) is 0 Å². The van der Waals surface area contributed by atoms with Crippen LogP contribution in [0, 0.1) is 5.92 Å². The molecule has 1 saturated heterocycles. The summed E-state index contributed by atoms with van der Waals surface area (Å²) in [4.78, 5) is 13.6. The minimum Gasteiger partial charge on any atom is -0.497 e. The van der Waals surface area contributed by atoms with Crippen LogP contribution in [0.5, 0.6) is 5.75 Å². The predicted octanol–water partition coefficient (Wildman–Crippen LogP) is 1.04. The number of carbonyl (C=O) groups excluding carboxylic acids is 1. The average Bonchev–Trinajstić information content (AvgIpc) is 2.77. The van der Waals surface area contributed by atoms with E-state index >= 15 is 0 Å². The summed E-state index contributed by atoms with van der Waals surface area (Å²) in [7, 11) is 1.66. The number of nitrogens with zero attached hydrogens (tertiary/aromatic N) is 1. The van der Waals surface area contributed by atoms with Gasteiger partial charge in [-0.15, -0.1) is 0 Å². The highest BCUT2D eigenvalue weighted by Gasteiger charge is 2.27. The molecule has 0 saturated carbocycles. The number of methoxy groups -OCH3 is 1. The molecule has 4 nitrogen and oxygen atoms in total. The second-order valence-corrected chi connectivity index (χ2v) is 4.74. The van der Waals surface area contributed by atoms with Gasteiger partial charge in [0.15, 0.2) is 0 Å². The largest absolute Gasteiger partial charge is 0.497 e. The van der Waals surface area contributed by atoms with Gasteiger partial charge in [0.1, 0.15) is 5.75 Å². The second kappa shape index (κ2) is 5.87. The van der Waals surface area contributed by atoms with E-state index in [1.165, 1.54) is 5.56 Å². The van der Waals surface area contributed by atoms with Crippen molar-refractivity contribution in [2.24, 2.45) is 11.7 Å². The summed E-state index contributed by atoms with van der Waals surface area (Å²) in [5, 5.41) is 0. The summed E-state index contributed by atoms with van der Waals surface area (Å²) in [5.74, 6) is 1.44. The molecule has 0 aromatic heterocycles. The van der Waals surface area contributed by atoms with E-state index in [-0.39, 0.29) is 5.91 Å². The quantitative estimate of drug-likeness (QED) is 0.847. The molecule has 1 aromatic carbocycles. The zero-order valence-corrected chi connectivity index (χ0v) is 10.8. The Hall–Kier alpha value is -1.55. The molecule has 0 bridgehead atoms. The summed E-state index contributed by atoms with van der Waals surface area (Å²) in [6.45, 7) is 2.19. The number of carbonyl (C=O) groups is 1. The summed E-state index contributed by atoms with van der Waals surface area (Å²) in [6.07, 6.45) is 1.49. The number of hydrogen-bond donors (Lipinski definition) is 1. The van der Waals surface area contributed by atoms with Gasteiger partial charge < -0.3 is 15.4 Å². The Morgan fingerprint density at radius 1 is 1.39 bits per heavy atom. The van der Waals surface area contributed by atoms with E-state index in [4.69, 9.17) is 10.5 Å². The van der Waals surface area contributed by atoms with Gasteiger partial charge in [0, 0.05) is 19.5 Å². The molecular formula is C14H20N2O2. The molecule has 1 aromatic rings. The average molecular weight is 248 g/mol. The normalized spacial score (nSPS) is 19.3. The summed E-state index contributed by atoms with van der Waals surface area (Å²) < 4.78 is 5.11. The fourth-order valence-corrected chi connectivity index (χ4v) is 2.28. The monoisotopic (exact) mass is 248 g/mol. The lowest BCUT2D eigenvalue weighted by Gasteiger charge is -2.16. The Kier molecular flexibility index (Phi) is 4.20. The van der Waals surface area contributed by atoms with Crippen molar-refractivity contribution in [3.8, 4) is 5.75 Å². The molecule has 1 atom stereocenters. The van der Waals surface area contributed by atoms with Crippen LogP contribution in [-0.2, 0) is 11.2 Å². The standard InChI is InChI=1S/C14H20N2O2/c1-18-13-4-2-11(3-5-13)6-7-16-10-12(9-15)8-14(16)17/h2-5,12H,6-10,15H2,1H3. The van der Waals surface area contributed by atoms with E-state index in [2.05, 4.69) is 0 Å². The third-order valence-electron chi connectivity index (χ3n) is 3.46. The van der Waals surface area contributed by atoms with E-state index in [0.29, 0.717) is 18.9 Å². The van der Waals surface area contributed by atoms with Crippen LogP contribution in [0.3, 0.4) is 0 Å². The van der Waals surface area contributed by atoms with Crippen LogP contribution >= 0.6 is 0 Å². The first-order valence-electron chi connectivity index (χ1n) is 6.33. The van der Waals surface area contributed by atoms with Crippen molar-refractivity contribution in [2.75, 3.05) is 26.7 Å². The maximum atomic E-state index is 11.7. The first kappa shape index (κ1) is 12.9. The van der Waals surface area contributed by atoms with Crippen LogP contribution in [0.25, 0.3) is 0 Å². The van der Waals surface area contributed by atoms with Gasteiger partial charge in [-0.1, -0.05) is 12.1 Å². The fraction of sp³-hybridized carbons (Fsp3) is 0.500. The molecule has 1 aliphatic heterocycles. The zero-order valence-electron chi connectivity index (χ0n) is 10.8. The number of amides is 1. The number of benzene rings is 1. The van der Waals surface area contributed by atoms with Crippen molar-refractivity contribution in [2.45, 2.75) is 12.8 Å². The molecule has 1 fully saturated rings. The van der Waals surface area contributed by atoms with E-state index in [9.17, 15) is 4.79 Å². The van der Waals surface area contributed by atoms with Crippen LogP contribution in [0.1, 0.15) is 12.0 Å². The molecular weight excluding hydrogens is 228 g/mol. The van der Waals surface area contributed by atoms with Crippen molar-refractivity contribution >= 4 is 5.91 Å². The third kappa shape index (κ3) is 3.01. The van der Waals surface area contributed by atoms with Gasteiger partial charge in [0.05, 0.1) is 7.11 Å². The van der Waals surface area contributed by atoms with Crippen LogP contribution in [-0.4, -0.2) is 37.6 Å². The molecule has 1 amide bonds. The van der Waals surface area contributed by atoms with Crippen molar-refractivity contribution < 1.29 is 9.53 Å². The summed E-state index contributed by atoms with van der Waals surface area (Å²) >= 11 is 0. The Morgan fingerprint density at radius 2 is 2.11 bits per heavy atom. The highest BCUT2D eigenvalue weighted by molar-refractivity contribution is 5.78. The van der Waals surface area contributed by atoms with Gasteiger partial charge in [-0.2, -0.15) is 0 Å². The topological polar surface area (TPSA) is 55.6 Å². The smallest absolute Gasteiger partial charge is 0.222 e. The highest BCUT2D eigenvalue weighted by atomic mass is 16.5. The lowest BCUT2D eigenvalue weighted by atomic mass is 10.1. The maximum Gasteiger partial charge on any atom is 0.222 e. The number of ether oxygens (including phenoxy) is 1. The first-order valence-corrected chi connectivity index (χ1v) is 6.33. The fourth-order valence-electron chi connectivity index (χ4n) is 2.28. The molecule has 0 spiro atoms. The molecule has 1 aliphatic rings. The van der Waals surface area contributed by atoms with E-state index in [0.717, 1.165) is 25.3 Å². The van der Waals surface area contributed by atoms with Crippen molar-refractivity contribution in [1.29, 1.82) is 0 Å². The Morgan fingerprint density at radius 3 is 2.67 bits per heavy atom. The first-order chi connectivity index (χ1) is 8.72. The van der Waals surface area contributed by atoms with Gasteiger partial charge in [-0.3, -0.25) is 4.79 Å². The lowest BCUT2D eigenvalue weighted by molar-refractivity contribution is -0.127. The minimum absolute atomic E-state index is 0.235.